The van der Waals surface area contributed by atoms with Gasteiger partial charge in [0.05, 0.1) is 0 Å². The molecule has 0 fully saturated rings. The highest BCUT2D eigenvalue weighted by Gasteiger charge is 2.15. The fraction of sp³-hybridized carbons (Fsp3) is 0.375. The number of rotatable bonds is 5. The fourth-order valence-corrected chi connectivity index (χ4v) is 1.73. The summed E-state index contributed by atoms with van der Waals surface area (Å²) in [7, 11) is 0. The van der Waals surface area contributed by atoms with Gasteiger partial charge in [0.1, 0.15) is 5.60 Å². The molecule has 1 amide bonds. The molecule has 0 aliphatic heterocycles. The molecule has 6 heteroatoms. The van der Waals surface area contributed by atoms with Crippen molar-refractivity contribution in [2.45, 2.75) is 32.8 Å². The molecule has 0 bridgehead atoms. The molecule has 0 aliphatic carbocycles. The SMILES string of the molecule is CC(C)(C)OC(=O)NCCC=Cc1ccc(NC(N)=S)cc1. The van der Waals surface area contributed by atoms with Crippen molar-refractivity contribution in [3.63, 3.8) is 0 Å². The smallest absolute Gasteiger partial charge is 0.407 e. The Hall–Kier alpha value is -2.08. The van der Waals surface area contributed by atoms with Crippen LogP contribution in [0.4, 0.5) is 10.5 Å². The van der Waals surface area contributed by atoms with E-state index in [1.54, 1.807) is 0 Å². The van der Waals surface area contributed by atoms with Gasteiger partial charge in [0.25, 0.3) is 0 Å². The first-order chi connectivity index (χ1) is 10.3. The normalized spacial score (nSPS) is 11.2. The van der Waals surface area contributed by atoms with Crippen molar-refractivity contribution in [1.29, 1.82) is 0 Å². The van der Waals surface area contributed by atoms with Crippen LogP contribution < -0.4 is 16.4 Å². The second-order valence-corrected chi connectivity index (χ2v) is 6.17. The first-order valence-corrected chi connectivity index (χ1v) is 7.47. The predicted octanol–water partition coefficient (Wildman–Crippen LogP) is 3.27. The van der Waals surface area contributed by atoms with Gasteiger partial charge in [-0.15, -0.1) is 0 Å². The van der Waals surface area contributed by atoms with Crippen molar-refractivity contribution < 1.29 is 9.53 Å². The topological polar surface area (TPSA) is 76.4 Å². The Bertz CT molecular complexity index is 533. The Labute approximate surface area is 136 Å². The number of thiocarbonyl (C=S) groups is 1. The molecule has 0 saturated heterocycles. The molecule has 4 N–H and O–H groups in total. The number of carbonyl (C=O) groups is 1. The van der Waals surface area contributed by atoms with Crippen LogP contribution in [0.15, 0.2) is 30.3 Å². The Morgan fingerprint density at radius 1 is 1.32 bits per heavy atom. The molecular weight excluding hydrogens is 298 g/mol. The quantitative estimate of drug-likeness (QED) is 0.573. The molecule has 0 aromatic heterocycles. The van der Waals surface area contributed by atoms with Crippen LogP contribution in [0.25, 0.3) is 6.08 Å². The van der Waals surface area contributed by atoms with Crippen LogP contribution >= 0.6 is 12.2 Å². The first-order valence-electron chi connectivity index (χ1n) is 7.06. The number of anilines is 1. The molecule has 0 radical (unpaired) electrons. The zero-order valence-electron chi connectivity index (χ0n) is 13.2. The first kappa shape index (κ1) is 18.0. The standard InChI is InChI=1S/C16H23N3O2S/c1-16(2,3)21-15(20)18-11-5-4-6-12-7-9-13(10-8-12)19-14(17)22/h4,6-10H,5,11H2,1-3H3,(H,18,20)(H3,17,19,22). The van der Waals surface area contributed by atoms with E-state index in [-0.39, 0.29) is 5.11 Å². The van der Waals surface area contributed by atoms with Gasteiger partial charge in [0.15, 0.2) is 5.11 Å². The van der Waals surface area contributed by atoms with Gasteiger partial charge in [-0.3, -0.25) is 0 Å². The number of nitrogens with two attached hydrogens (primary N) is 1. The highest BCUT2D eigenvalue weighted by atomic mass is 32.1. The summed E-state index contributed by atoms with van der Waals surface area (Å²) in [6.45, 7) is 6.04. The van der Waals surface area contributed by atoms with Gasteiger partial charge in [-0.05, 0) is 57.1 Å². The van der Waals surface area contributed by atoms with Crippen LogP contribution in [0.3, 0.4) is 0 Å². The summed E-state index contributed by atoms with van der Waals surface area (Å²) in [6, 6.07) is 7.71. The minimum Gasteiger partial charge on any atom is -0.444 e. The van der Waals surface area contributed by atoms with Crippen LogP contribution in [0.1, 0.15) is 32.8 Å². The number of ether oxygens (including phenoxy) is 1. The summed E-state index contributed by atoms with van der Waals surface area (Å²) < 4.78 is 5.15. The van der Waals surface area contributed by atoms with E-state index < -0.39 is 11.7 Å². The van der Waals surface area contributed by atoms with Crippen molar-refractivity contribution in [1.82, 2.24) is 5.32 Å². The van der Waals surface area contributed by atoms with Gasteiger partial charge in [-0.25, -0.2) is 4.79 Å². The number of alkyl carbamates (subject to hydrolysis) is 1. The minimum atomic E-state index is -0.471. The van der Waals surface area contributed by atoms with Gasteiger partial charge in [-0.1, -0.05) is 24.3 Å². The predicted molar refractivity (Wildman–Crippen MR) is 94.7 cm³/mol. The monoisotopic (exact) mass is 321 g/mol. The zero-order valence-corrected chi connectivity index (χ0v) is 14.0. The third-order valence-electron chi connectivity index (χ3n) is 2.47. The van der Waals surface area contributed by atoms with Crippen molar-refractivity contribution in [3.05, 3.63) is 35.9 Å². The maximum absolute atomic E-state index is 11.4. The highest BCUT2D eigenvalue weighted by Crippen LogP contribution is 2.11. The minimum absolute atomic E-state index is 0.247. The lowest BCUT2D eigenvalue weighted by atomic mass is 10.2. The number of benzene rings is 1. The molecule has 0 heterocycles. The molecule has 0 aliphatic rings. The van der Waals surface area contributed by atoms with E-state index in [1.165, 1.54) is 0 Å². The average Bonchev–Trinajstić information content (AvgIpc) is 2.37. The fourth-order valence-electron chi connectivity index (χ4n) is 1.61. The van der Waals surface area contributed by atoms with Gasteiger partial charge < -0.3 is 21.1 Å². The zero-order chi connectivity index (χ0) is 16.6. The molecule has 0 spiro atoms. The summed E-state index contributed by atoms with van der Waals surface area (Å²) in [5, 5.41) is 5.82. The summed E-state index contributed by atoms with van der Waals surface area (Å²) in [4.78, 5) is 11.4. The van der Waals surface area contributed by atoms with E-state index in [9.17, 15) is 4.79 Å². The second kappa shape index (κ2) is 8.38. The summed E-state index contributed by atoms with van der Waals surface area (Å²) >= 11 is 4.77. The van der Waals surface area contributed by atoms with Crippen molar-refractivity contribution >= 4 is 35.2 Å². The van der Waals surface area contributed by atoms with Crippen LogP contribution in [0, 0.1) is 0 Å². The molecule has 120 valence electrons. The van der Waals surface area contributed by atoms with Crippen LogP contribution in [-0.4, -0.2) is 23.4 Å². The summed E-state index contributed by atoms with van der Waals surface area (Å²) in [5.74, 6) is 0. The largest absolute Gasteiger partial charge is 0.444 e. The molecule has 1 aromatic carbocycles. The van der Waals surface area contributed by atoms with Crippen molar-refractivity contribution in [2.75, 3.05) is 11.9 Å². The Morgan fingerprint density at radius 3 is 2.50 bits per heavy atom. The molecule has 1 rings (SSSR count). The maximum atomic E-state index is 11.4. The van der Waals surface area contributed by atoms with Gasteiger partial charge in [0, 0.05) is 12.2 Å². The van der Waals surface area contributed by atoms with E-state index in [0.29, 0.717) is 6.54 Å². The Morgan fingerprint density at radius 2 is 1.95 bits per heavy atom. The lowest BCUT2D eigenvalue weighted by molar-refractivity contribution is 0.0529. The number of hydrogen-bond acceptors (Lipinski definition) is 3. The third-order valence-corrected chi connectivity index (χ3v) is 2.57. The van der Waals surface area contributed by atoms with Gasteiger partial charge in [-0.2, -0.15) is 0 Å². The molecular formula is C16H23N3O2S. The van der Waals surface area contributed by atoms with Crippen LogP contribution in [0.2, 0.25) is 0 Å². The average molecular weight is 321 g/mol. The molecule has 0 saturated carbocycles. The third kappa shape index (κ3) is 8.26. The van der Waals surface area contributed by atoms with Crippen LogP contribution in [0.5, 0.6) is 0 Å². The molecule has 22 heavy (non-hydrogen) atoms. The maximum Gasteiger partial charge on any atom is 0.407 e. The Balaban J connectivity index is 2.31. The molecule has 0 unspecified atom stereocenters. The Kier molecular flexibility index (Phi) is 6.85. The summed E-state index contributed by atoms with van der Waals surface area (Å²) in [5.41, 5.74) is 6.85. The van der Waals surface area contributed by atoms with E-state index in [4.69, 9.17) is 22.7 Å². The van der Waals surface area contributed by atoms with Crippen LogP contribution in [-0.2, 0) is 4.74 Å². The lowest BCUT2D eigenvalue weighted by Crippen LogP contribution is -2.32. The number of carbonyl (C=O) groups excluding carboxylic acids is 1. The van der Waals surface area contributed by atoms with Crippen molar-refractivity contribution in [3.8, 4) is 0 Å². The molecule has 0 atom stereocenters. The number of nitrogens with one attached hydrogen (secondary N) is 2. The molecule has 1 aromatic rings. The second-order valence-electron chi connectivity index (χ2n) is 5.73. The number of hydrogen-bond donors (Lipinski definition) is 3. The van der Waals surface area contributed by atoms with E-state index in [1.807, 2.05) is 57.2 Å². The van der Waals surface area contributed by atoms with Crippen molar-refractivity contribution in [2.24, 2.45) is 5.73 Å². The van der Waals surface area contributed by atoms with E-state index in [0.717, 1.165) is 17.7 Å². The summed E-state index contributed by atoms with van der Waals surface area (Å²) in [6.07, 6.45) is 4.31. The lowest BCUT2D eigenvalue weighted by Gasteiger charge is -2.19. The van der Waals surface area contributed by atoms with E-state index >= 15 is 0 Å². The number of amides is 1. The highest BCUT2D eigenvalue weighted by molar-refractivity contribution is 7.80. The van der Waals surface area contributed by atoms with Gasteiger partial charge >= 0.3 is 6.09 Å². The molecule has 5 nitrogen and oxygen atoms in total. The van der Waals surface area contributed by atoms with Gasteiger partial charge in [0.2, 0.25) is 0 Å². The van der Waals surface area contributed by atoms with E-state index in [2.05, 4.69) is 10.6 Å².